The highest BCUT2D eigenvalue weighted by molar-refractivity contribution is 5.84. The quantitative estimate of drug-likeness (QED) is 0.854. The molecule has 19 heavy (non-hydrogen) atoms. The molecule has 1 amide bonds. The van der Waals surface area contributed by atoms with Crippen LogP contribution in [0.3, 0.4) is 0 Å². The molecule has 6 nitrogen and oxygen atoms in total. The maximum atomic E-state index is 11.9. The molecule has 0 unspecified atom stereocenters. The van der Waals surface area contributed by atoms with Crippen molar-refractivity contribution in [2.24, 2.45) is 5.73 Å². The third-order valence-corrected chi connectivity index (χ3v) is 3.35. The molecule has 0 spiro atoms. The maximum absolute atomic E-state index is 11.9. The maximum Gasteiger partial charge on any atom is 0.348 e. The van der Waals surface area contributed by atoms with E-state index in [2.05, 4.69) is 4.98 Å². The number of rotatable bonds is 2. The van der Waals surface area contributed by atoms with E-state index in [0.717, 1.165) is 6.42 Å². The van der Waals surface area contributed by atoms with Gasteiger partial charge in [0.05, 0.1) is 10.9 Å². The van der Waals surface area contributed by atoms with E-state index in [1.807, 2.05) is 0 Å². The van der Waals surface area contributed by atoms with E-state index in [0.29, 0.717) is 23.9 Å². The van der Waals surface area contributed by atoms with Gasteiger partial charge in [0, 0.05) is 6.54 Å². The molecule has 0 bridgehead atoms. The Morgan fingerprint density at radius 2 is 2.21 bits per heavy atom. The second-order valence-electron chi connectivity index (χ2n) is 4.55. The van der Waals surface area contributed by atoms with Gasteiger partial charge in [0.15, 0.2) is 0 Å². The van der Waals surface area contributed by atoms with Crippen LogP contribution >= 0.6 is 0 Å². The Labute approximate surface area is 108 Å². The van der Waals surface area contributed by atoms with Crippen LogP contribution in [0.2, 0.25) is 0 Å². The standard InChI is InChI=1S/C13H13N3O3/c14-11(17)10-6-3-7-16(10)13-15-9-5-2-1-4-8(9)12(18)19-13/h1-2,4-5,10H,3,6-7H2,(H2,14,17)/t10-/m1/s1. The first kappa shape index (κ1) is 11.7. The zero-order chi connectivity index (χ0) is 13.4. The van der Waals surface area contributed by atoms with Gasteiger partial charge in [-0.1, -0.05) is 12.1 Å². The summed E-state index contributed by atoms with van der Waals surface area (Å²) in [5, 5.41) is 0.432. The number of aromatic nitrogens is 1. The van der Waals surface area contributed by atoms with Crippen molar-refractivity contribution in [2.75, 3.05) is 11.4 Å². The second-order valence-corrected chi connectivity index (χ2v) is 4.55. The van der Waals surface area contributed by atoms with Crippen LogP contribution in [0.15, 0.2) is 33.5 Å². The zero-order valence-corrected chi connectivity index (χ0v) is 10.2. The van der Waals surface area contributed by atoms with Crippen molar-refractivity contribution >= 4 is 22.8 Å². The number of nitrogens with two attached hydrogens (primary N) is 1. The van der Waals surface area contributed by atoms with Gasteiger partial charge in [-0.05, 0) is 25.0 Å². The fourth-order valence-electron chi connectivity index (χ4n) is 2.42. The molecule has 2 N–H and O–H groups in total. The minimum absolute atomic E-state index is 0.171. The molecular weight excluding hydrogens is 246 g/mol. The molecule has 1 atom stereocenters. The van der Waals surface area contributed by atoms with Gasteiger partial charge in [0.25, 0.3) is 0 Å². The number of fused-ring (bicyclic) bond motifs is 1. The highest BCUT2D eigenvalue weighted by atomic mass is 16.4. The molecule has 1 fully saturated rings. The SMILES string of the molecule is NC(=O)[C@H]1CCCN1c1nc2ccccc2c(=O)o1. The average Bonchev–Trinajstić information content (AvgIpc) is 2.88. The van der Waals surface area contributed by atoms with Crippen LogP contribution in [0.25, 0.3) is 10.9 Å². The van der Waals surface area contributed by atoms with Crippen molar-refractivity contribution < 1.29 is 9.21 Å². The lowest BCUT2D eigenvalue weighted by Gasteiger charge is -2.20. The predicted octanol–water partition coefficient (Wildman–Crippen LogP) is 0.642. The van der Waals surface area contributed by atoms with Crippen molar-refractivity contribution in [3.63, 3.8) is 0 Å². The predicted molar refractivity (Wildman–Crippen MR) is 69.8 cm³/mol. The van der Waals surface area contributed by atoms with Crippen molar-refractivity contribution in [1.82, 2.24) is 4.98 Å². The van der Waals surface area contributed by atoms with Crippen molar-refractivity contribution in [1.29, 1.82) is 0 Å². The molecule has 1 aromatic heterocycles. The lowest BCUT2D eigenvalue weighted by atomic mass is 10.2. The fourth-order valence-corrected chi connectivity index (χ4v) is 2.42. The summed E-state index contributed by atoms with van der Waals surface area (Å²) in [4.78, 5) is 29.2. The summed E-state index contributed by atoms with van der Waals surface area (Å²) in [5.41, 5.74) is 5.46. The molecule has 0 saturated carbocycles. The van der Waals surface area contributed by atoms with E-state index in [1.54, 1.807) is 29.2 Å². The number of hydrogen-bond donors (Lipinski definition) is 1. The molecule has 1 aromatic carbocycles. The van der Waals surface area contributed by atoms with Gasteiger partial charge in [-0.3, -0.25) is 4.79 Å². The average molecular weight is 259 g/mol. The molecule has 98 valence electrons. The summed E-state index contributed by atoms with van der Waals surface area (Å²) in [5.74, 6) is -0.421. The van der Waals surface area contributed by atoms with Crippen LogP contribution in [0.5, 0.6) is 0 Å². The number of benzene rings is 1. The zero-order valence-electron chi connectivity index (χ0n) is 10.2. The fraction of sp³-hybridized carbons (Fsp3) is 0.308. The van der Waals surface area contributed by atoms with Crippen LogP contribution in [0.4, 0.5) is 6.01 Å². The van der Waals surface area contributed by atoms with E-state index < -0.39 is 17.6 Å². The number of nitrogens with zero attached hydrogens (tertiary/aromatic N) is 2. The Balaban J connectivity index is 2.10. The first-order valence-electron chi connectivity index (χ1n) is 6.12. The smallest absolute Gasteiger partial charge is 0.348 e. The number of carbonyl (C=O) groups is 1. The summed E-state index contributed by atoms with van der Waals surface area (Å²) in [7, 11) is 0. The number of amides is 1. The molecule has 1 aliphatic heterocycles. The molecular formula is C13H13N3O3. The van der Waals surface area contributed by atoms with Crippen LogP contribution in [0, 0.1) is 0 Å². The lowest BCUT2D eigenvalue weighted by molar-refractivity contribution is -0.119. The van der Waals surface area contributed by atoms with Crippen molar-refractivity contribution in [2.45, 2.75) is 18.9 Å². The molecule has 0 radical (unpaired) electrons. The molecule has 2 heterocycles. The van der Waals surface area contributed by atoms with Gasteiger partial charge in [-0.2, -0.15) is 4.98 Å². The van der Waals surface area contributed by atoms with Gasteiger partial charge in [-0.25, -0.2) is 4.79 Å². The third-order valence-electron chi connectivity index (χ3n) is 3.35. The molecule has 2 aromatic rings. The monoisotopic (exact) mass is 259 g/mol. The van der Waals surface area contributed by atoms with Crippen LogP contribution in [-0.2, 0) is 4.79 Å². The van der Waals surface area contributed by atoms with E-state index in [1.165, 1.54) is 0 Å². The minimum Gasteiger partial charge on any atom is -0.389 e. The van der Waals surface area contributed by atoms with E-state index in [-0.39, 0.29) is 6.01 Å². The number of para-hydroxylation sites is 1. The Kier molecular flexibility index (Phi) is 2.70. The van der Waals surface area contributed by atoms with Gasteiger partial charge < -0.3 is 15.1 Å². The van der Waals surface area contributed by atoms with Crippen LogP contribution in [-0.4, -0.2) is 23.5 Å². The largest absolute Gasteiger partial charge is 0.389 e. The summed E-state index contributed by atoms with van der Waals surface area (Å²) in [6.07, 6.45) is 1.49. The number of carbonyl (C=O) groups excluding carboxylic acids is 1. The Morgan fingerprint density at radius 3 is 3.00 bits per heavy atom. The van der Waals surface area contributed by atoms with Crippen molar-refractivity contribution in [3.05, 3.63) is 34.7 Å². The summed E-state index contributed by atoms with van der Waals surface area (Å²) in [6, 6.07) is 6.68. The number of hydrogen-bond acceptors (Lipinski definition) is 5. The summed E-state index contributed by atoms with van der Waals surface area (Å²) in [6.45, 7) is 0.613. The first-order valence-corrected chi connectivity index (χ1v) is 6.12. The summed E-state index contributed by atoms with van der Waals surface area (Å²) >= 11 is 0. The highest BCUT2D eigenvalue weighted by Gasteiger charge is 2.32. The molecule has 1 saturated heterocycles. The second kappa shape index (κ2) is 4.38. The van der Waals surface area contributed by atoms with Gasteiger partial charge in [0.1, 0.15) is 6.04 Å². The molecule has 1 aliphatic rings. The Bertz CT molecular complexity index is 695. The topological polar surface area (TPSA) is 89.4 Å². The molecule has 3 rings (SSSR count). The van der Waals surface area contributed by atoms with Gasteiger partial charge >= 0.3 is 11.6 Å². The van der Waals surface area contributed by atoms with Crippen LogP contribution in [0.1, 0.15) is 12.8 Å². The van der Waals surface area contributed by atoms with Crippen molar-refractivity contribution in [3.8, 4) is 0 Å². The van der Waals surface area contributed by atoms with E-state index in [9.17, 15) is 9.59 Å². The molecule has 6 heteroatoms. The molecule has 0 aliphatic carbocycles. The third kappa shape index (κ3) is 1.95. The highest BCUT2D eigenvalue weighted by Crippen LogP contribution is 2.24. The Hall–Kier alpha value is -2.37. The minimum atomic E-state index is -0.448. The van der Waals surface area contributed by atoms with Gasteiger partial charge in [0.2, 0.25) is 5.91 Å². The normalized spacial score (nSPS) is 18.9. The van der Waals surface area contributed by atoms with E-state index >= 15 is 0 Å². The summed E-state index contributed by atoms with van der Waals surface area (Å²) < 4.78 is 5.21. The van der Waals surface area contributed by atoms with Crippen LogP contribution < -0.4 is 16.3 Å². The van der Waals surface area contributed by atoms with E-state index in [4.69, 9.17) is 10.2 Å². The lowest BCUT2D eigenvalue weighted by Crippen LogP contribution is -2.41. The Morgan fingerprint density at radius 1 is 1.42 bits per heavy atom. The number of primary amides is 1. The number of anilines is 1. The first-order chi connectivity index (χ1) is 9.16. The van der Waals surface area contributed by atoms with Gasteiger partial charge in [-0.15, -0.1) is 0 Å².